The number of carbonyl (C=O) groups excluding carboxylic acids is 1. The summed E-state index contributed by atoms with van der Waals surface area (Å²) >= 11 is 0. The van der Waals surface area contributed by atoms with Gasteiger partial charge >= 0.3 is 0 Å². The van der Waals surface area contributed by atoms with Crippen molar-refractivity contribution in [2.75, 3.05) is 19.6 Å². The van der Waals surface area contributed by atoms with Gasteiger partial charge in [-0.05, 0) is 12.8 Å². The smallest absolute Gasteiger partial charge is 0.228 e. The molecule has 1 saturated heterocycles. The average Bonchev–Trinajstić information content (AvgIpc) is 2.29. The summed E-state index contributed by atoms with van der Waals surface area (Å²) in [5.74, 6) is 0.334. The molecule has 2 aliphatic rings. The first-order valence-corrected chi connectivity index (χ1v) is 6.99. The minimum absolute atomic E-state index is 0.126. The fraction of sp³-hybridized carbons (Fsp3) is 0.929. The lowest BCUT2D eigenvalue weighted by Crippen LogP contribution is -2.65. The number of carbonyl (C=O) groups is 1. The molecule has 1 aliphatic carbocycles. The summed E-state index contributed by atoms with van der Waals surface area (Å²) in [4.78, 5) is 14.8. The van der Waals surface area contributed by atoms with Crippen LogP contribution in [0, 0.1) is 5.41 Å². The van der Waals surface area contributed by atoms with Crippen molar-refractivity contribution < 1.29 is 4.79 Å². The van der Waals surface area contributed by atoms with Crippen molar-refractivity contribution in [3.63, 3.8) is 0 Å². The number of nitrogens with zero attached hydrogens (tertiary/aromatic N) is 1. The highest BCUT2D eigenvalue weighted by molar-refractivity contribution is 5.82. The zero-order chi connectivity index (χ0) is 12.5. The summed E-state index contributed by atoms with van der Waals surface area (Å²) in [7, 11) is 0. The van der Waals surface area contributed by atoms with Gasteiger partial charge in [-0.25, -0.2) is 0 Å². The molecular weight excluding hydrogens is 212 g/mol. The minimum atomic E-state index is -0.248. The third kappa shape index (κ3) is 2.49. The van der Waals surface area contributed by atoms with Crippen molar-refractivity contribution in [2.24, 2.45) is 5.41 Å². The number of rotatable bonds is 0. The molecular formula is C14H26N2O. The van der Waals surface area contributed by atoms with E-state index in [2.05, 4.69) is 10.2 Å². The predicted molar refractivity (Wildman–Crippen MR) is 69.9 cm³/mol. The highest BCUT2D eigenvalue weighted by Gasteiger charge is 2.44. The van der Waals surface area contributed by atoms with E-state index in [4.69, 9.17) is 0 Å². The zero-order valence-corrected chi connectivity index (χ0v) is 11.5. The molecule has 1 spiro atoms. The van der Waals surface area contributed by atoms with Crippen LogP contribution >= 0.6 is 0 Å². The molecule has 0 aromatic rings. The van der Waals surface area contributed by atoms with Crippen LogP contribution in [0.15, 0.2) is 0 Å². The molecule has 3 nitrogen and oxygen atoms in total. The molecule has 0 radical (unpaired) electrons. The van der Waals surface area contributed by atoms with Crippen molar-refractivity contribution in [1.29, 1.82) is 0 Å². The molecule has 1 aliphatic heterocycles. The van der Waals surface area contributed by atoms with Crippen molar-refractivity contribution in [1.82, 2.24) is 10.2 Å². The van der Waals surface area contributed by atoms with Gasteiger partial charge in [0.25, 0.3) is 0 Å². The highest BCUT2D eigenvalue weighted by Crippen LogP contribution is 2.36. The Hall–Kier alpha value is -0.570. The van der Waals surface area contributed by atoms with E-state index < -0.39 is 0 Å². The Kier molecular flexibility index (Phi) is 3.48. The fourth-order valence-electron chi connectivity index (χ4n) is 3.22. The van der Waals surface area contributed by atoms with Crippen molar-refractivity contribution in [2.45, 2.75) is 58.4 Å². The molecule has 1 heterocycles. The van der Waals surface area contributed by atoms with Gasteiger partial charge in [-0.1, -0.05) is 40.0 Å². The maximum absolute atomic E-state index is 12.6. The maximum Gasteiger partial charge on any atom is 0.228 e. The molecule has 1 saturated carbocycles. The second-order valence-corrected chi connectivity index (χ2v) is 6.67. The molecule has 1 N–H and O–H groups in total. The van der Waals surface area contributed by atoms with Crippen molar-refractivity contribution in [3.8, 4) is 0 Å². The van der Waals surface area contributed by atoms with Gasteiger partial charge in [-0.2, -0.15) is 0 Å². The summed E-state index contributed by atoms with van der Waals surface area (Å²) in [5.41, 5.74) is -0.122. The van der Waals surface area contributed by atoms with Gasteiger partial charge < -0.3 is 10.2 Å². The third-order valence-corrected chi connectivity index (χ3v) is 4.21. The molecule has 98 valence electrons. The minimum Gasteiger partial charge on any atom is -0.334 e. The van der Waals surface area contributed by atoms with E-state index in [1.807, 2.05) is 20.8 Å². The Labute approximate surface area is 105 Å². The summed E-state index contributed by atoms with van der Waals surface area (Å²) in [5, 5.41) is 3.49. The Morgan fingerprint density at radius 2 is 1.82 bits per heavy atom. The molecule has 3 heteroatoms. The molecule has 0 aromatic heterocycles. The van der Waals surface area contributed by atoms with E-state index in [0.717, 1.165) is 19.6 Å². The van der Waals surface area contributed by atoms with Gasteiger partial charge in [0, 0.05) is 25.0 Å². The molecule has 17 heavy (non-hydrogen) atoms. The lowest BCUT2D eigenvalue weighted by atomic mass is 9.77. The number of nitrogens with one attached hydrogen (secondary N) is 1. The molecule has 0 bridgehead atoms. The van der Waals surface area contributed by atoms with Gasteiger partial charge in [0.15, 0.2) is 0 Å². The second kappa shape index (κ2) is 4.60. The van der Waals surface area contributed by atoms with E-state index in [-0.39, 0.29) is 11.0 Å². The van der Waals surface area contributed by atoms with E-state index >= 15 is 0 Å². The molecule has 2 rings (SSSR count). The topological polar surface area (TPSA) is 32.3 Å². The molecule has 0 unspecified atom stereocenters. The lowest BCUT2D eigenvalue weighted by molar-refractivity contribution is -0.149. The molecule has 0 atom stereocenters. The van der Waals surface area contributed by atoms with Crippen LogP contribution in [0.2, 0.25) is 0 Å². The Morgan fingerprint density at radius 3 is 2.41 bits per heavy atom. The first-order valence-electron chi connectivity index (χ1n) is 6.99. The van der Waals surface area contributed by atoms with Crippen LogP contribution in [-0.2, 0) is 4.79 Å². The average molecular weight is 238 g/mol. The van der Waals surface area contributed by atoms with E-state index in [1.54, 1.807) is 0 Å². The zero-order valence-electron chi connectivity index (χ0n) is 11.5. The van der Waals surface area contributed by atoms with Crippen LogP contribution in [-0.4, -0.2) is 36.0 Å². The predicted octanol–water partition coefficient (Wildman–Crippen LogP) is 2.17. The van der Waals surface area contributed by atoms with E-state index in [9.17, 15) is 4.79 Å². The maximum atomic E-state index is 12.6. The van der Waals surface area contributed by atoms with Crippen LogP contribution in [0.3, 0.4) is 0 Å². The standard InChI is InChI=1S/C14H26N2O/c1-13(2,3)12(17)16-10-9-15-11-14(16)7-5-4-6-8-14/h15H,4-11H2,1-3H3. The Morgan fingerprint density at radius 1 is 1.18 bits per heavy atom. The first-order chi connectivity index (χ1) is 7.96. The van der Waals surface area contributed by atoms with Gasteiger partial charge in [0.2, 0.25) is 5.91 Å². The molecule has 1 amide bonds. The summed E-state index contributed by atoms with van der Waals surface area (Å²) < 4.78 is 0. The van der Waals surface area contributed by atoms with Crippen molar-refractivity contribution in [3.05, 3.63) is 0 Å². The summed E-state index contributed by atoms with van der Waals surface area (Å²) in [6.45, 7) is 8.93. The number of hydrogen-bond donors (Lipinski definition) is 1. The third-order valence-electron chi connectivity index (χ3n) is 4.21. The largest absolute Gasteiger partial charge is 0.334 e. The van der Waals surface area contributed by atoms with Crippen LogP contribution in [0.25, 0.3) is 0 Å². The van der Waals surface area contributed by atoms with Crippen LogP contribution in [0.4, 0.5) is 0 Å². The van der Waals surface area contributed by atoms with Crippen LogP contribution < -0.4 is 5.32 Å². The van der Waals surface area contributed by atoms with Gasteiger partial charge in [-0.3, -0.25) is 4.79 Å². The Balaban J connectivity index is 2.20. The van der Waals surface area contributed by atoms with E-state index in [0.29, 0.717) is 5.91 Å². The number of piperazine rings is 1. The SMILES string of the molecule is CC(C)(C)C(=O)N1CCNCC12CCCCC2. The van der Waals surface area contributed by atoms with Gasteiger partial charge in [0.05, 0.1) is 5.54 Å². The van der Waals surface area contributed by atoms with Crippen LogP contribution in [0.1, 0.15) is 52.9 Å². The second-order valence-electron chi connectivity index (χ2n) is 6.67. The Bertz CT molecular complexity index is 279. The van der Waals surface area contributed by atoms with E-state index in [1.165, 1.54) is 32.1 Å². The van der Waals surface area contributed by atoms with Crippen molar-refractivity contribution >= 4 is 5.91 Å². The van der Waals surface area contributed by atoms with Gasteiger partial charge in [0.1, 0.15) is 0 Å². The summed E-state index contributed by atoms with van der Waals surface area (Å²) in [6, 6.07) is 0. The van der Waals surface area contributed by atoms with Gasteiger partial charge in [-0.15, -0.1) is 0 Å². The monoisotopic (exact) mass is 238 g/mol. The molecule has 0 aromatic carbocycles. The number of amides is 1. The quantitative estimate of drug-likeness (QED) is 0.701. The first kappa shape index (κ1) is 12.9. The normalized spacial score (nSPS) is 25.0. The lowest BCUT2D eigenvalue weighted by Gasteiger charge is -2.51. The van der Waals surface area contributed by atoms with Crippen LogP contribution in [0.5, 0.6) is 0 Å². The summed E-state index contributed by atoms with van der Waals surface area (Å²) in [6.07, 6.45) is 6.24. The fourth-order valence-corrected chi connectivity index (χ4v) is 3.22. The molecule has 2 fully saturated rings. The number of hydrogen-bond acceptors (Lipinski definition) is 2. The highest BCUT2D eigenvalue weighted by atomic mass is 16.2.